The number of likely N-dealkylation sites (tertiary alicyclic amines) is 1. The van der Waals surface area contributed by atoms with E-state index in [0.717, 1.165) is 12.8 Å². The quantitative estimate of drug-likeness (QED) is 0.833. The van der Waals surface area contributed by atoms with E-state index < -0.39 is 11.9 Å². The van der Waals surface area contributed by atoms with Crippen LogP contribution in [-0.2, 0) is 0 Å². The molecule has 2 atom stereocenters. The second-order valence-corrected chi connectivity index (χ2v) is 5.89. The molecule has 2 unspecified atom stereocenters. The van der Waals surface area contributed by atoms with Gasteiger partial charge in [0.1, 0.15) is 5.82 Å². The molecule has 0 spiro atoms. The van der Waals surface area contributed by atoms with E-state index in [1.54, 1.807) is 11.8 Å². The SMILES string of the molecule is CC(NC(=O)N1CCCC1CO)c1c(Cl)ccc(F)c1Cl. The topological polar surface area (TPSA) is 52.6 Å². The van der Waals surface area contributed by atoms with Crippen molar-refractivity contribution >= 4 is 29.2 Å². The molecule has 0 saturated carbocycles. The van der Waals surface area contributed by atoms with Gasteiger partial charge in [0.05, 0.1) is 23.7 Å². The van der Waals surface area contributed by atoms with Crippen molar-refractivity contribution in [3.05, 3.63) is 33.6 Å². The summed E-state index contributed by atoms with van der Waals surface area (Å²) in [5.74, 6) is -0.577. The third kappa shape index (κ3) is 3.42. The van der Waals surface area contributed by atoms with Gasteiger partial charge in [0.15, 0.2) is 0 Å². The van der Waals surface area contributed by atoms with Gasteiger partial charge in [-0.05, 0) is 31.9 Å². The van der Waals surface area contributed by atoms with Gasteiger partial charge in [-0.1, -0.05) is 23.2 Å². The lowest BCUT2D eigenvalue weighted by atomic mass is 10.1. The van der Waals surface area contributed by atoms with E-state index in [4.69, 9.17) is 23.2 Å². The molecule has 7 heteroatoms. The Morgan fingerprint density at radius 3 is 2.95 bits per heavy atom. The maximum atomic E-state index is 13.5. The zero-order valence-electron chi connectivity index (χ0n) is 11.6. The molecule has 1 aliphatic heterocycles. The zero-order chi connectivity index (χ0) is 15.6. The lowest BCUT2D eigenvalue weighted by molar-refractivity contribution is 0.155. The fourth-order valence-corrected chi connectivity index (χ4v) is 3.27. The molecule has 1 aromatic rings. The number of nitrogens with one attached hydrogen (secondary N) is 1. The van der Waals surface area contributed by atoms with Crippen LogP contribution in [-0.4, -0.2) is 35.2 Å². The largest absolute Gasteiger partial charge is 0.394 e. The molecule has 0 aliphatic carbocycles. The molecular formula is C14H17Cl2FN2O2. The van der Waals surface area contributed by atoms with Gasteiger partial charge >= 0.3 is 6.03 Å². The summed E-state index contributed by atoms with van der Waals surface area (Å²) >= 11 is 12.0. The highest BCUT2D eigenvalue weighted by molar-refractivity contribution is 6.36. The number of carbonyl (C=O) groups excluding carboxylic acids is 1. The van der Waals surface area contributed by atoms with Gasteiger partial charge in [-0.3, -0.25) is 0 Å². The predicted molar refractivity (Wildman–Crippen MR) is 80.2 cm³/mol. The molecular weight excluding hydrogens is 318 g/mol. The highest BCUT2D eigenvalue weighted by Gasteiger charge is 2.29. The number of aliphatic hydroxyl groups is 1. The number of hydrogen-bond donors (Lipinski definition) is 2. The molecule has 0 aromatic heterocycles. The second-order valence-electron chi connectivity index (χ2n) is 5.10. The minimum Gasteiger partial charge on any atom is -0.394 e. The Balaban J connectivity index is 2.13. The summed E-state index contributed by atoms with van der Waals surface area (Å²) in [6.07, 6.45) is 1.63. The fourth-order valence-electron chi connectivity index (χ4n) is 2.57. The Hall–Kier alpha value is -1.04. The summed E-state index contributed by atoms with van der Waals surface area (Å²) in [7, 11) is 0. The number of benzene rings is 1. The van der Waals surface area contributed by atoms with Crippen molar-refractivity contribution in [2.45, 2.75) is 31.8 Å². The summed E-state index contributed by atoms with van der Waals surface area (Å²) < 4.78 is 13.5. The summed E-state index contributed by atoms with van der Waals surface area (Å²) in [4.78, 5) is 13.8. The number of aliphatic hydroxyl groups excluding tert-OH is 1. The number of amides is 2. The normalized spacial score (nSPS) is 19.7. The Kier molecular flexibility index (Phi) is 5.30. The van der Waals surface area contributed by atoms with E-state index in [0.29, 0.717) is 17.1 Å². The number of halogens is 3. The Bertz CT molecular complexity index is 542. The van der Waals surface area contributed by atoms with Crippen molar-refractivity contribution in [2.75, 3.05) is 13.2 Å². The third-order valence-electron chi connectivity index (χ3n) is 3.70. The second kappa shape index (κ2) is 6.81. The monoisotopic (exact) mass is 334 g/mol. The van der Waals surface area contributed by atoms with Crippen LogP contribution < -0.4 is 5.32 Å². The molecule has 2 amide bonds. The van der Waals surface area contributed by atoms with Gasteiger partial charge in [0.2, 0.25) is 0 Å². The zero-order valence-corrected chi connectivity index (χ0v) is 13.1. The molecule has 1 saturated heterocycles. The molecule has 0 bridgehead atoms. The van der Waals surface area contributed by atoms with E-state index in [9.17, 15) is 14.3 Å². The lowest BCUT2D eigenvalue weighted by Gasteiger charge is -2.26. The van der Waals surface area contributed by atoms with Crippen LogP contribution in [0.2, 0.25) is 10.0 Å². The smallest absolute Gasteiger partial charge is 0.318 e. The van der Waals surface area contributed by atoms with Crippen LogP contribution in [0.5, 0.6) is 0 Å². The number of carbonyl (C=O) groups is 1. The molecule has 2 rings (SSSR count). The number of rotatable bonds is 3. The number of urea groups is 1. The molecule has 1 heterocycles. The minimum atomic E-state index is -0.577. The van der Waals surface area contributed by atoms with Crippen LogP contribution in [0.15, 0.2) is 12.1 Å². The maximum Gasteiger partial charge on any atom is 0.318 e. The van der Waals surface area contributed by atoms with Crippen molar-refractivity contribution in [3.8, 4) is 0 Å². The summed E-state index contributed by atoms with van der Waals surface area (Å²) in [5.41, 5.74) is 0.353. The van der Waals surface area contributed by atoms with Crippen molar-refractivity contribution in [2.24, 2.45) is 0 Å². The van der Waals surface area contributed by atoms with Crippen LogP contribution in [0.1, 0.15) is 31.4 Å². The third-order valence-corrected chi connectivity index (χ3v) is 4.41. The van der Waals surface area contributed by atoms with Gasteiger partial charge in [-0.2, -0.15) is 0 Å². The first-order chi connectivity index (χ1) is 9.95. The number of hydrogen-bond acceptors (Lipinski definition) is 2. The van der Waals surface area contributed by atoms with E-state index in [-0.39, 0.29) is 23.7 Å². The lowest BCUT2D eigenvalue weighted by Crippen LogP contribution is -2.45. The Labute approximate surface area is 132 Å². The molecule has 1 fully saturated rings. The summed E-state index contributed by atoms with van der Waals surface area (Å²) in [6, 6.07) is 1.58. The van der Waals surface area contributed by atoms with E-state index in [1.165, 1.54) is 12.1 Å². The van der Waals surface area contributed by atoms with Crippen molar-refractivity contribution in [1.82, 2.24) is 10.2 Å². The van der Waals surface area contributed by atoms with Gasteiger partial charge in [0.25, 0.3) is 0 Å². The molecule has 4 nitrogen and oxygen atoms in total. The average Bonchev–Trinajstić information content (AvgIpc) is 2.91. The molecule has 0 radical (unpaired) electrons. The van der Waals surface area contributed by atoms with Gasteiger partial charge < -0.3 is 15.3 Å². The summed E-state index contributed by atoms with van der Waals surface area (Å²) in [6.45, 7) is 2.21. The maximum absolute atomic E-state index is 13.5. The average molecular weight is 335 g/mol. The van der Waals surface area contributed by atoms with Crippen LogP contribution in [0.4, 0.5) is 9.18 Å². The minimum absolute atomic E-state index is 0.0662. The first kappa shape index (κ1) is 16.3. The van der Waals surface area contributed by atoms with Crippen molar-refractivity contribution < 1.29 is 14.3 Å². The molecule has 116 valence electrons. The van der Waals surface area contributed by atoms with Crippen LogP contribution in [0, 0.1) is 5.82 Å². The predicted octanol–water partition coefficient (Wildman–Crippen LogP) is 3.36. The van der Waals surface area contributed by atoms with Crippen molar-refractivity contribution in [1.29, 1.82) is 0 Å². The van der Waals surface area contributed by atoms with Crippen LogP contribution >= 0.6 is 23.2 Å². The van der Waals surface area contributed by atoms with E-state index in [2.05, 4.69) is 5.32 Å². The number of nitrogens with zero attached hydrogens (tertiary/aromatic N) is 1. The first-order valence-corrected chi connectivity index (χ1v) is 7.52. The van der Waals surface area contributed by atoms with Crippen LogP contribution in [0.3, 0.4) is 0 Å². The van der Waals surface area contributed by atoms with Gasteiger partial charge in [-0.15, -0.1) is 0 Å². The highest BCUT2D eigenvalue weighted by Crippen LogP contribution is 2.32. The Morgan fingerprint density at radius 2 is 2.29 bits per heavy atom. The first-order valence-electron chi connectivity index (χ1n) is 6.77. The molecule has 2 N–H and O–H groups in total. The van der Waals surface area contributed by atoms with E-state index >= 15 is 0 Å². The summed E-state index contributed by atoms with van der Waals surface area (Å²) in [5, 5.41) is 12.2. The molecule has 1 aliphatic rings. The van der Waals surface area contributed by atoms with Crippen LogP contribution in [0.25, 0.3) is 0 Å². The van der Waals surface area contributed by atoms with E-state index in [1.807, 2.05) is 0 Å². The van der Waals surface area contributed by atoms with Crippen molar-refractivity contribution in [3.63, 3.8) is 0 Å². The molecule has 1 aromatic carbocycles. The standard InChI is InChI=1S/C14H17Cl2FN2O2/c1-8(12-10(15)4-5-11(17)13(12)16)18-14(21)19-6-2-3-9(19)7-20/h4-5,8-9,20H,2-3,6-7H2,1H3,(H,18,21). The fraction of sp³-hybridized carbons (Fsp3) is 0.500. The van der Waals surface area contributed by atoms with Gasteiger partial charge in [0, 0.05) is 17.1 Å². The molecule has 21 heavy (non-hydrogen) atoms. The Morgan fingerprint density at radius 1 is 1.57 bits per heavy atom. The highest BCUT2D eigenvalue weighted by atomic mass is 35.5. The van der Waals surface area contributed by atoms with Gasteiger partial charge in [-0.25, -0.2) is 9.18 Å².